The van der Waals surface area contributed by atoms with Gasteiger partial charge < -0.3 is 25.0 Å². The molecule has 7 nitrogen and oxygen atoms in total. The van der Waals surface area contributed by atoms with Gasteiger partial charge in [0.25, 0.3) is 0 Å². The number of benzene rings is 2. The van der Waals surface area contributed by atoms with E-state index in [9.17, 15) is 14.7 Å². The van der Waals surface area contributed by atoms with E-state index in [0.717, 1.165) is 28.9 Å². The van der Waals surface area contributed by atoms with Crippen LogP contribution in [0.5, 0.6) is 5.75 Å². The smallest absolute Gasteiger partial charge is 0.317 e. The topological polar surface area (TPSA) is 82.1 Å². The van der Waals surface area contributed by atoms with E-state index in [0.29, 0.717) is 13.1 Å². The van der Waals surface area contributed by atoms with Crippen LogP contribution in [0.15, 0.2) is 48.5 Å². The standard InChI is InChI=1S/C26H29N3O4/c1-3-13-27-26(32)28-15-22-25(23(17-30)29(22)24(31)16-28)20-11-9-18(10-12-20)7-8-19-5-4-6-21(14-19)33-2/h4-6,9-12,14,22-23,25,30H,3,13,15-17H2,1-2H3,(H,27,32)/t22-,23+,25-/m1/s1. The van der Waals surface area contributed by atoms with Crippen molar-refractivity contribution in [1.29, 1.82) is 0 Å². The molecule has 2 heterocycles. The van der Waals surface area contributed by atoms with Crippen LogP contribution < -0.4 is 10.1 Å². The molecule has 0 aromatic heterocycles. The van der Waals surface area contributed by atoms with Gasteiger partial charge in [-0.25, -0.2) is 4.79 Å². The number of nitrogens with zero attached hydrogens (tertiary/aromatic N) is 2. The minimum Gasteiger partial charge on any atom is -0.497 e. The van der Waals surface area contributed by atoms with Gasteiger partial charge in [-0.05, 0) is 42.3 Å². The number of fused-ring (bicyclic) bond motifs is 1. The fourth-order valence-corrected chi connectivity index (χ4v) is 4.63. The number of urea groups is 1. The number of carbonyl (C=O) groups excluding carboxylic acids is 2. The van der Waals surface area contributed by atoms with E-state index in [-0.39, 0.29) is 43.1 Å². The summed E-state index contributed by atoms with van der Waals surface area (Å²) in [6, 6.07) is 14.9. The third kappa shape index (κ3) is 4.67. The number of amides is 3. The van der Waals surface area contributed by atoms with Crippen molar-refractivity contribution in [3.8, 4) is 17.6 Å². The van der Waals surface area contributed by atoms with Gasteiger partial charge in [0.15, 0.2) is 0 Å². The van der Waals surface area contributed by atoms with Crippen LogP contribution in [-0.4, -0.2) is 72.3 Å². The molecule has 2 N–H and O–H groups in total. The zero-order valence-electron chi connectivity index (χ0n) is 19.0. The fraction of sp³-hybridized carbons (Fsp3) is 0.385. The maximum atomic E-state index is 12.7. The van der Waals surface area contributed by atoms with E-state index >= 15 is 0 Å². The first-order chi connectivity index (χ1) is 16.0. The molecule has 2 aliphatic heterocycles. The van der Waals surface area contributed by atoms with Crippen LogP contribution in [0.2, 0.25) is 0 Å². The van der Waals surface area contributed by atoms with Crippen molar-refractivity contribution >= 4 is 11.9 Å². The minimum atomic E-state index is -0.267. The van der Waals surface area contributed by atoms with Gasteiger partial charge in [0.05, 0.1) is 25.8 Å². The SMILES string of the molecule is CCCNC(=O)N1CC(=O)N2[C@H](C1)[C@@H](c1ccc(C#Cc3cccc(OC)c3)cc1)[C@@H]2CO. The molecule has 2 saturated heterocycles. The van der Waals surface area contributed by atoms with Gasteiger partial charge in [0.2, 0.25) is 5.91 Å². The number of aliphatic hydroxyl groups is 1. The molecule has 2 aromatic rings. The van der Waals surface area contributed by atoms with Crippen LogP contribution in [0, 0.1) is 11.8 Å². The summed E-state index contributed by atoms with van der Waals surface area (Å²) in [4.78, 5) is 28.4. The van der Waals surface area contributed by atoms with Crippen molar-refractivity contribution in [2.75, 3.05) is 33.4 Å². The quantitative estimate of drug-likeness (QED) is 0.689. The van der Waals surface area contributed by atoms with Gasteiger partial charge in [0.1, 0.15) is 12.3 Å². The lowest BCUT2D eigenvalue weighted by Gasteiger charge is -2.58. The Morgan fingerprint density at radius 3 is 2.64 bits per heavy atom. The maximum absolute atomic E-state index is 12.7. The molecule has 3 amide bonds. The molecule has 33 heavy (non-hydrogen) atoms. The van der Waals surface area contributed by atoms with Crippen molar-refractivity contribution in [2.45, 2.75) is 31.3 Å². The average Bonchev–Trinajstić information content (AvgIpc) is 2.83. The lowest BCUT2D eigenvalue weighted by molar-refractivity contribution is -0.159. The highest BCUT2D eigenvalue weighted by atomic mass is 16.5. The first kappa shape index (κ1) is 22.7. The van der Waals surface area contributed by atoms with Crippen LogP contribution in [-0.2, 0) is 4.79 Å². The summed E-state index contributed by atoms with van der Waals surface area (Å²) in [5, 5.41) is 12.8. The molecular weight excluding hydrogens is 418 g/mol. The normalized spacial score (nSPS) is 21.4. The first-order valence-corrected chi connectivity index (χ1v) is 11.3. The van der Waals surface area contributed by atoms with Crippen molar-refractivity contribution in [2.24, 2.45) is 0 Å². The molecule has 0 bridgehead atoms. The summed E-state index contributed by atoms with van der Waals surface area (Å²) < 4.78 is 5.24. The van der Waals surface area contributed by atoms with Gasteiger partial charge in [-0.2, -0.15) is 0 Å². The first-order valence-electron chi connectivity index (χ1n) is 11.3. The van der Waals surface area contributed by atoms with Crippen LogP contribution in [0.25, 0.3) is 0 Å². The molecule has 0 spiro atoms. The Labute approximate surface area is 194 Å². The Kier molecular flexibility index (Phi) is 6.85. The summed E-state index contributed by atoms with van der Waals surface area (Å²) >= 11 is 0. The van der Waals surface area contributed by atoms with E-state index in [1.54, 1.807) is 16.9 Å². The Bertz CT molecular complexity index is 1070. The number of carbonyl (C=O) groups is 2. The maximum Gasteiger partial charge on any atom is 0.317 e. The van der Waals surface area contributed by atoms with Crippen LogP contribution in [0.3, 0.4) is 0 Å². The Morgan fingerprint density at radius 1 is 1.18 bits per heavy atom. The van der Waals surface area contributed by atoms with Crippen molar-refractivity contribution in [1.82, 2.24) is 15.1 Å². The van der Waals surface area contributed by atoms with Gasteiger partial charge >= 0.3 is 6.03 Å². The number of hydrogen-bond donors (Lipinski definition) is 2. The molecule has 0 aliphatic carbocycles. The summed E-state index contributed by atoms with van der Waals surface area (Å²) in [6.07, 6.45) is 0.839. The van der Waals surface area contributed by atoms with Crippen molar-refractivity contribution in [3.63, 3.8) is 0 Å². The number of methoxy groups -OCH3 is 1. The van der Waals surface area contributed by atoms with E-state index in [4.69, 9.17) is 4.74 Å². The van der Waals surface area contributed by atoms with Crippen LogP contribution in [0.4, 0.5) is 4.79 Å². The molecular formula is C26H29N3O4. The number of rotatable bonds is 5. The summed E-state index contributed by atoms with van der Waals surface area (Å²) in [5.41, 5.74) is 2.78. The highest BCUT2D eigenvalue weighted by molar-refractivity contribution is 5.87. The number of aliphatic hydroxyl groups excluding tert-OH is 1. The summed E-state index contributed by atoms with van der Waals surface area (Å²) in [6.45, 7) is 2.97. The minimum absolute atomic E-state index is 0.0267. The predicted octanol–water partition coefficient (Wildman–Crippen LogP) is 2.19. The monoisotopic (exact) mass is 447 g/mol. The van der Waals surface area contributed by atoms with E-state index in [1.807, 2.05) is 55.5 Å². The molecule has 172 valence electrons. The van der Waals surface area contributed by atoms with Crippen molar-refractivity contribution in [3.05, 3.63) is 65.2 Å². The largest absolute Gasteiger partial charge is 0.497 e. The second-order valence-corrected chi connectivity index (χ2v) is 8.36. The molecule has 2 aromatic carbocycles. The van der Waals surface area contributed by atoms with Crippen LogP contribution >= 0.6 is 0 Å². The number of hydrogen-bond acceptors (Lipinski definition) is 4. The fourth-order valence-electron chi connectivity index (χ4n) is 4.63. The van der Waals surface area contributed by atoms with Gasteiger partial charge in [-0.3, -0.25) is 4.79 Å². The lowest BCUT2D eigenvalue weighted by atomic mass is 9.73. The molecule has 3 atom stereocenters. The van der Waals surface area contributed by atoms with E-state index < -0.39 is 0 Å². The molecule has 0 saturated carbocycles. The Morgan fingerprint density at radius 2 is 1.94 bits per heavy atom. The van der Waals surface area contributed by atoms with Gasteiger partial charge in [-0.1, -0.05) is 37.0 Å². The molecule has 4 rings (SSSR count). The number of ether oxygens (including phenoxy) is 1. The highest BCUT2D eigenvalue weighted by Crippen LogP contribution is 2.42. The Balaban J connectivity index is 1.49. The molecule has 0 unspecified atom stereocenters. The van der Waals surface area contributed by atoms with Crippen molar-refractivity contribution < 1.29 is 19.4 Å². The van der Waals surface area contributed by atoms with Gasteiger partial charge in [-0.15, -0.1) is 0 Å². The number of nitrogens with one attached hydrogen (secondary N) is 1. The lowest BCUT2D eigenvalue weighted by Crippen LogP contribution is -2.73. The number of piperazine rings is 1. The average molecular weight is 448 g/mol. The third-order valence-electron chi connectivity index (χ3n) is 6.28. The van der Waals surface area contributed by atoms with Crippen LogP contribution in [0.1, 0.15) is 36.0 Å². The summed E-state index contributed by atoms with van der Waals surface area (Å²) in [7, 11) is 1.63. The predicted molar refractivity (Wildman–Crippen MR) is 125 cm³/mol. The molecule has 2 fully saturated rings. The van der Waals surface area contributed by atoms with Gasteiger partial charge in [0, 0.05) is 30.1 Å². The zero-order chi connectivity index (χ0) is 23.4. The Hall–Kier alpha value is -3.50. The zero-order valence-corrected chi connectivity index (χ0v) is 19.0. The van der Waals surface area contributed by atoms with E-state index in [2.05, 4.69) is 17.2 Å². The summed E-state index contributed by atoms with van der Waals surface area (Å²) in [5.74, 6) is 6.93. The highest BCUT2D eigenvalue weighted by Gasteiger charge is 2.54. The molecule has 0 radical (unpaired) electrons. The second-order valence-electron chi connectivity index (χ2n) is 8.36. The van der Waals surface area contributed by atoms with E-state index in [1.165, 1.54) is 0 Å². The third-order valence-corrected chi connectivity index (χ3v) is 6.28. The second kappa shape index (κ2) is 9.97. The molecule has 7 heteroatoms. The molecule has 2 aliphatic rings.